The summed E-state index contributed by atoms with van der Waals surface area (Å²) in [4.78, 5) is 7.22. The highest BCUT2D eigenvalue weighted by Gasteiger charge is 2.33. The zero-order chi connectivity index (χ0) is 15.7. The van der Waals surface area contributed by atoms with Gasteiger partial charge in [0, 0.05) is 6.54 Å². The summed E-state index contributed by atoms with van der Waals surface area (Å²) in [5, 5.41) is 3.61. The number of nitrogens with one attached hydrogen (secondary N) is 1. The highest BCUT2D eigenvalue weighted by atomic mass is 16.5. The van der Waals surface area contributed by atoms with Crippen LogP contribution in [0.4, 0.5) is 0 Å². The average molecular weight is 301 g/mol. The van der Waals surface area contributed by atoms with Gasteiger partial charge in [-0.3, -0.25) is 4.99 Å². The Morgan fingerprint density at radius 1 is 1.36 bits per heavy atom. The molecule has 2 aliphatic rings. The molecule has 1 aromatic rings. The van der Waals surface area contributed by atoms with Crippen molar-refractivity contribution in [2.75, 3.05) is 20.2 Å². The van der Waals surface area contributed by atoms with E-state index in [-0.39, 0.29) is 6.04 Å². The molecule has 1 N–H and O–H groups in total. The van der Waals surface area contributed by atoms with Gasteiger partial charge in [-0.2, -0.15) is 0 Å². The molecule has 120 valence electrons. The van der Waals surface area contributed by atoms with E-state index in [1.54, 1.807) is 7.11 Å². The number of ether oxygens (including phenoxy) is 1. The van der Waals surface area contributed by atoms with Crippen molar-refractivity contribution in [3.05, 3.63) is 29.3 Å². The number of aliphatic imine (C=N–C) groups is 1. The number of guanidine groups is 1. The molecule has 22 heavy (non-hydrogen) atoms. The van der Waals surface area contributed by atoms with Crippen molar-refractivity contribution < 1.29 is 4.74 Å². The minimum absolute atomic E-state index is 0.249. The van der Waals surface area contributed by atoms with Crippen molar-refractivity contribution in [3.8, 4) is 5.75 Å². The molecule has 0 spiro atoms. The van der Waals surface area contributed by atoms with Gasteiger partial charge in [-0.15, -0.1) is 0 Å². The minimum Gasteiger partial charge on any atom is -0.496 e. The predicted octanol–water partition coefficient (Wildman–Crippen LogP) is 3.12. The van der Waals surface area contributed by atoms with Crippen molar-refractivity contribution in [3.63, 3.8) is 0 Å². The molecule has 0 bridgehead atoms. The molecule has 0 aliphatic carbocycles. The van der Waals surface area contributed by atoms with E-state index >= 15 is 0 Å². The first-order chi connectivity index (χ1) is 10.6. The number of benzene rings is 1. The topological polar surface area (TPSA) is 36.9 Å². The second-order valence-corrected chi connectivity index (χ2v) is 6.75. The Labute approximate surface area is 133 Å². The number of rotatable bonds is 3. The number of nitrogens with zero attached hydrogens (tertiary/aromatic N) is 2. The van der Waals surface area contributed by atoms with Crippen LogP contribution in [0.15, 0.2) is 23.2 Å². The van der Waals surface area contributed by atoms with Crippen LogP contribution in [0.5, 0.6) is 5.75 Å². The zero-order valence-electron chi connectivity index (χ0n) is 14.1. The fourth-order valence-corrected chi connectivity index (χ4v) is 3.52. The summed E-state index contributed by atoms with van der Waals surface area (Å²) in [6.07, 6.45) is 2.60. The van der Waals surface area contributed by atoms with Crippen molar-refractivity contribution >= 4 is 5.96 Å². The number of methoxy groups -OCH3 is 1. The number of fused-ring (bicyclic) bond motifs is 1. The lowest BCUT2D eigenvalue weighted by Crippen LogP contribution is -2.48. The van der Waals surface area contributed by atoms with Gasteiger partial charge in [-0.25, -0.2) is 0 Å². The molecular weight excluding hydrogens is 274 g/mol. The summed E-state index contributed by atoms with van der Waals surface area (Å²) in [7, 11) is 1.72. The standard InChI is InChI=1S/C18H27N3O/c1-12-5-7-16-10-19-18(21(16)11-12)20-14(3)15-6-8-17(22-4)13(2)9-15/h6,8-9,12,14,16H,5,7,10-11H2,1-4H3,(H,19,20)/t12?,14-,16?/m0/s1. The molecular formula is C18H27N3O. The molecule has 3 atom stereocenters. The van der Waals surface area contributed by atoms with Crippen LogP contribution in [0.1, 0.15) is 43.9 Å². The SMILES string of the molecule is COc1ccc([C@H](C)NC2=NCC3CCC(C)CN23)cc1C. The third-order valence-corrected chi connectivity index (χ3v) is 4.93. The largest absolute Gasteiger partial charge is 0.496 e. The third kappa shape index (κ3) is 2.92. The molecule has 2 unspecified atom stereocenters. The van der Waals surface area contributed by atoms with Crippen LogP contribution < -0.4 is 10.1 Å². The van der Waals surface area contributed by atoms with Crippen LogP contribution in [0, 0.1) is 12.8 Å². The molecule has 0 radical (unpaired) electrons. The van der Waals surface area contributed by atoms with Gasteiger partial charge in [0.05, 0.1) is 25.7 Å². The Morgan fingerprint density at radius 2 is 2.18 bits per heavy atom. The predicted molar refractivity (Wildman–Crippen MR) is 90.5 cm³/mol. The third-order valence-electron chi connectivity index (χ3n) is 4.93. The fraction of sp³-hybridized carbons (Fsp3) is 0.611. The monoisotopic (exact) mass is 301 g/mol. The lowest BCUT2D eigenvalue weighted by atomic mass is 9.95. The second-order valence-electron chi connectivity index (χ2n) is 6.75. The molecule has 0 saturated carbocycles. The van der Waals surface area contributed by atoms with Gasteiger partial charge in [0.15, 0.2) is 5.96 Å². The summed E-state index contributed by atoms with van der Waals surface area (Å²) >= 11 is 0. The van der Waals surface area contributed by atoms with E-state index in [1.165, 1.54) is 24.0 Å². The summed E-state index contributed by atoms with van der Waals surface area (Å²) in [6, 6.07) is 7.24. The second kappa shape index (κ2) is 6.19. The molecule has 2 heterocycles. The zero-order valence-corrected chi connectivity index (χ0v) is 14.1. The van der Waals surface area contributed by atoms with Crippen molar-refractivity contribution in [2.24, 2.45) is 10.9 Å². The van der Waals surface area contributed by atoms with Gasteiger partial charge in [-0.1, -0.05) is 19.1 Å². The Bertz CT molecular complexity index is 569. The molecule has 2 aliphatic heterocycles. The van der Waals surface area contributed by atoms with Gasteiger partial charge in [-0.05, 0) is 49.8 Å². The normalized spacial score (nSPS) is 25.5. The van der Waals surface area contributed by atoms with Crippen LogP contribution in [-0.4, -0.2) is 37.1 Å². The van der Waals surface area contributed by atoms with Crippen LogP contribution in [0.25, 0.3) is 0 Å². The number of hydrogen-bond donors (Lipinski definition) is 1. The Kier molecular flexibility index (Phi) is 4.27. The first-order valence-electron chi connectivity index (χ1n) is 8.30. The Morgan fingerprint density at radius 3 is 2.91 bits per heavy atom. The summed E-state index contributed by atoms with van der Waals surface area (Å²) in [5.41, 5.74) is 2.45. The lowest BCUT2D eigenvalue weighted by molar-refractivity contribution is 0.210. The Hall–Kier alpha value is -1.71. The summed E-state index contributed by atoms with van der Waals surface area (Å²) < 4.78 is 5.34. The molecule has 0 aromatic heterocycles. The van der Waals surface area contributed by atoms with Gasteiger partial charge >= 0.3 is 0 Å². The van der Waals surface area contributed by atoms with E-state index in [9.17, 15) is 0 Å². The molecule has 0 amide bonds. The molecule has 4 nitrogen and oxygen atoms in total. The van der Waals surface area contributed by atoms with E-state index < -0.39 is 0 Å². The van der Waals surface area contributed by atoms with Gasteiger partial charge in [0.25, 0.3) is 0 Å². The first kappa shape index (κ1) is 15.2. The van der Waals surface area contributed by atoms with E-state index in [4.69, 9.17) is 9.73 Å². The quantitative estimate of drug-likeness (QED) is 0.932. The van der Waals surface area contributed by atoms with Gasteiger partial charge < -0.3 is 15.0 Å². The fourth-order valence-electron chi connectivity index (χ4n) is 3.52. The molecule has 1 saturated heterocycles. The van der Waals surface area contributed by atoms with Gasteiger partial charge in [0.1, 0.15) is 5.75 Å². The smallest absolute Gasteiger partial charge is 0.194 e. The molecule has 3 rings (SSSR count). The maximum Gasteiger partial charge on any atom is 0.194 e. The van der Waals surface area contributed by atoms with Crippen LogP contribution >= 0.6 is 0 Å². The number of piperidine rings is 1. The van der Waals surface area contributed by atoms with Crippen molar-refractivity contribution in [2.45, 2.75) is 45.7 Å². The van der Waals surface area contributed by atoms with Crippen LogP contribution in [0.2, 0.25) is 0 Å². The van der Waals surface area contributed by atoms with Gasteiger partial charge in [0.2, 0.25) is 0 Å². The van der Waals surface area contributed by atoms with Crippen molar-refractivity contribution in [1.29, 1.82) is 0 Å². The lowest BCUT2D eigenvalue weighted by Gasteiger charge is -2.36. The Balaban J connectivity index is 1.69. The van der Waals surface area contributed by atoms with E-state index in [0.29, 0.717) is 6.04 Å². The number of hydrogen-bond acceptors (Lipinski definition) is 4. The maximum atomic E-state index is 5.34. The first-order valence-corrected chi connectivity index (χ1v) is 8.30. The maximum absolute atomic E-state index is 5.34. The van der Waals surface area contributed by atoms with Crippen LogP contribution in [-0.2, 0) is 0 Å². The summed E-state index contributed by atoms with van der Waals surface area (Å²) in [5.74, 6) is 2.79. The summed E-state index contributed by atoms with van der Waals surface area (Å²) in [6.45, 7) is 8.70. The van der Waals surface area contributed by atoms with Crippen molar-refractivity contribution in [1.82, 2.24) is 10.2 Å². The van der Waals surface area contributed by atoms with E-state index in [2.05, 4.69) is 43.1 Å². The average Bonchev–Trinajstić information content (AvgIpc) is 2.89. The minimum atomic E-state index is 0.249. The highest BCUT2D eigenvalue weighted by molar-refractivity contribution is 5.82. The molecule has 1 aromatic carbocycles. The van der Waals surface area contributed by atoms with Crippen LogP contribution in [0.3, 0.4) is 0 Å². The van der Waals surface area contributed by atoms with E-state index in [0.717, 1.165) is 30.7 Å². The van der Waals surface area contributed by atoms with E-state index in [1.807, 2.05) is 6.07 Å². The molecule has 4 heteroatoms. The molecule has 1 fully saturated rings. The highest BCUT2D eigenvalue weighted by Crippen LogP contribution is 2.27. The number of aryl methyl sites for hydroxylation is 1.